The molecule has 1 nitrogen and oxygen atoms in total. The van der Waals surface area contributed by atoms with E-state index < -0.39 is 0 Å². The van der Waals surface area contributed by atoms with Crippen LogP contribution in [-0.2, 0) is 5.31 Å². The third-order valence-corrected chi connectivity index (χ3v) is 5.87. The lowest BCUT2D eigenvalue weighted by Crippen LogP contribution is -2.35. The number of benzene rings is 2. The van der Waals surface area contributed by atoms with Gasteiger partial charge in [0.1, 0.15) is 13.7 Å². The van der Waals surface area contributed by atoms with Gasteiger partial charge in [-0.2, -0.15) is 0 Å². The van der Waals surface area contributed by atoms with E-state index >= 15 is 0 Å². The SMILES string of the molecule is BC1(c2ccc(N(C)c3ccc(F)cc3)cc2)CCC(C)(C)CC1. The topological polar surface area (TPSA) is 3.24 Å². The lowest BCUT2D eigenvalue weighted by atomic mass is 9.53. The summed E-state index contributed by atoms with van der Waals surface area (Å²) >= 11 is 0. The van der Waals surface area contributed by atoms with Crippen LogP contribution in [0.1, 0.15) is 45.1 Å². The first-order chi connectivity index (χ1) is 11.3. The van der Waals surface area contributed by atoms with E-state index in [1.165, 1.54) is 43.4 Å². The second-order valence-corrected chi connectivity index (χ2v) is 8.31. The summed E-state index contributed by atoms with van der Waals surface area (Å²) in [6.45, 7) is 4.76. The average molecular weight is 323 g/mol. The maximum absolute atomic E-state index is 13.1. The van der Waals surface area contributed by atoms with Crippen LogP contribution in [0, 0.1) is 11.2 Å². The van der Waals surface area contributed by atoms with Crippen molar-refractivity contribution in [1.29, 1.82) is 0 Å². The van der Waals surface area contributed by atoms with Crippen LogP contribution in [0.25, 0.3) is 0 Å². The maximum atomic E-state index is 13.1. The number of hydrogen-bond acceptors (Lipinski definition) is 1. The molecule has 0 aliphatic heterocycles. The molecule has 0 bridgehead atoms. The van der Waals surface area contributed by atoms with Gasteiger partial charge in [0, 0.05) is 18.4 Å². The van der Waals surface area contributed by atoms with Gasteiger partial charge >= 0.3 is 0 Å². The molecule has 0 unspecified atom stereocenters. The van der Waals surface area contributed by atoms with Crippen molar-refractivity contribution in [2.45, 2.75) is 44.8 Å². The fourth-order valence-corrected chi connectivity index (χ4v) is 3.67. The normalized spacial score (nSPS) is 19.0. The van der Waals surface area contributed by atoms with Crippen LogP contribution < -0.4 is 4.90 Å². The standard InChI is InChI=1S/C21H27BFN/c1-20(2)12-14-21(22,15-13-20)16-4-8-18(9-5-16)24(3)19-10-6-17(23)7-11-19/h4-11H,12-15,22H2,1-3H3. The molecule has 3 heteroatoms. The van der Waals surface area contributed by atoms with E-state index in [4.69, 9.17) is 0 Å². The quantitative estimate of drug-likeness (QED) is 0.717. The maximum Gasteiger partial charge on any atom is 0.123 e. The summed E-state index contributed by atoms with van der Waals surface area (Å²) in [6.07, 6.45) is 5.10. The summed E-state index contributed by atoms with van der Waals surface area (Å²) in [5, 5.41) is 0.294. The van der Waals surface area contributed by atoms with Crippen molar-refractivity contribution in [3.8, 4) is 0 Å². The minimum Gasteiger partial charge on any atom is -0.345 e. The molecule has 0 aromatic heterocycles. The third-order valence-electron chi connectivity index (χ3n) is 5.87. The Hall–Kier alpha value is -1.77. The Kier molecular flexibility index (Phi) is 4.46. The minimum atomic E-state index is -0.198. The van der Waals surface area contributed by atoms with E-state index in [1.807, 2.05) is 19.2 Å². The van der Waals surface area contributed by atoms with Crippen LogP contribution >= 0.6 is 0 Å². The van der Waals surface area contributed by atoms with Crippen LogP contribution in [0.2, 0.25) is 0 Å². The monoisotopic (exact) mass is 323 g/mol. The zero-order valence-electron chi connectivity index (χ0n) is 15.3. The van der Waals surface area contributed by atoms with Crippen LogP contribution in [0.15, 0.2) is 48.5 Å². The van der Waals surface area contributed by atoms with Gasteiger partial charge in [0.2, 0.25) is 0 Å². The Morgan fingerprint density at radius 3 is 1.79 bits per heavy atom. The lowest BCUT2D eigenvalue weighted by Gasteiger charge is -2.42. The fraction of sp³-hybridized carbons (Fsp3) is 0.429. The number of halogens is 1. The van der Waals surface area contributed by atoms with Crippen molar-refractivity contribution in [2.75, 3.05) is 11.9 Å². The third kappa shape index (κ3) is 3.50. The summed E-state index contributed by atoms with van der Waals surface area (Å²) in [7, 11) is 4.42. The summed E-state index contributed by atoms with van der Waals surface area (Å²) in [4.78, 5) is 2.09. The molecule has 0 amide bonds. The highest BCUT2D eigenvalue weighted by Crippen LogP contribution is 2.45. The van der Waals surface area contributed by atoms with Crippen LogP contribution in [0.4, 0.5) is 15.8 Å². The first-order valence-corrected chi connectivity index (χ1v) is 8.89. The Morgan fingerprint density at radius 1 is 0.833 bits per heavy atom. The van der Waals surface area contributed by atoms with Crippen LogP contribution in [-0.4, -0.2) is 14.9 Å². The molecule has 1 aliphatic rings. The summed E-state index contributed by atoms with van der Waals surface area (Å²) in [5.41, 5.74) is 4.05. The van der Waals surface area contributed by atoms with Crippen molar-refractivity contribution in [1.82, 2.24) is 0 Å². The molecule has 1 saturated carbocycles. The van der Waals surface area contributed by atoms with E-state index in [0.717, 1.165) is 11.4 Å². The number of anilines is 2. The van der Waals surface area contributed by atoms with Crippen LogP contribution in [0.3, 0.4) is 0 Å². The highest BCUT2D eigenvalue weighted by Gasteiger charge is 2.35. The molecule has 1 fully saturated rings. The first kappa shape index (κ1) is 17.1. The van der Waals surface area contributed by atoms with Gasteiger partial charge in [0.15, 0.2) is 0 Å². The van der Waals surface area contributed by atoms with Crippen molar-refractivity contribution >= 4 is 19.2 Å². The molecular formula is C21H27BFN. The van der Waals surface area contributed by atoms with E-state index in [2.05, 4.69) is 50.9 Å². The minimum absolute atomic E-state index is 0.198. The second kappa shape index (κ2) is 6.27. The van der Waals surface area contributed by atoms with E-state index in [-0.39, 0.29) is 5.82 Å². The summed E-state index contributed by atoms with van der Waals surface area (Å²) in [5.74, 6) is -0.198. The van der Waals surface area contributed by atoms with Crippen molar-refractivity contribution in [3.05, 3.63) is 59.9 Å². The van der Waals surface area contributed by atoms with Gasteiger partial charge in [-0.1, -0.05) is 38.8 Å². The number of hydrogen-bond donors (Lipinski definition) is 0. The molecule has 0 heterocycles. The molecule has 2 aromatic rings. The summed E-state index contributed by atoms with van der Waals surface area (Å²) in [6, 6.07) is 15.5. The Morgan fingerprint density at radius 2 is 1.29 bits per heavy atom. The average Bonchev–Trinajstić information content (AvgIpc) is 2.58. The van der Waals surface area contributed by atoms with Gasteiger partial charge in [-0.05, 0) is 65.5 Å². The molecule has 0 atom stereocenters. The van der Waals surface area contributed by atoms with E-state index in [1.54, 1.807) is 0 Å². The van der Waals surface area contributed by atoms with Crippen molar-refractivity contribution in [2.24, 2.45) is 5.41 Å². The van der Waals surface area contributed by atoms with Crippen molar-refractivity contribution < 1.29 is 4.39 Å². The highest BCUT2D eigenvalue weighted by molar-refractivity contribution is 6.16. The molecule has 0 saturated heterocycles. The van der Waals surface area contributed by atoms with Gasteiger partial charge in [-0.3, -0.25) is 0 Å². The van der Waals surface area contributed by atoms with Gasteiger partial charge in [-0.25, -0.2) is 4.39 Å². The molecule has 126 valence electrons. The predicted octanol–water partition coefficient (Wildman–Crippen LogP) is 5.02. The van der Waals surface area contributed by atoms with Crippen molar-refractivity contribution in [3.63, 3.8) is 0 Å². The largest absolute Gasteiger partial charge is 0.345 e. The van der Waals surface area contributed by atoms with Gasteiger partial charge in [0.05, 0.1) is 0 Å². The van der Waals surface area contributed by atoms with Gasteiger partial charge in [0.25, 0.3) is 0 Å². The Balaban J connectivity index is 1.77. The smallest absolute Gasteiger partial charge is 0.123 e. The van der Waals surface area contributed by atoms with Gasteiger partial charge < -0.3 is 4.90 Å². The summed E-state index contributed by atoms with van der Waals surface area (Å²) < 4.78 is 13.1. The Bertz CT molecular complexity index is 681. The van der Waals surface area contributed by atoms with Crippen LogP contribution in [0.5, 0.6) is 0 Å². The molecule has 1 aliphatic carbocycles. The van der Waals surface area contributed by atoms with Gasteiger partial charge in [-0.15, -0.1) is 0 Å². The zero-order valence-corrected chi connectivity index (χ0v) is 15.3. The molecule has 0 N–H and O–H groups in total. The predicted molar refractivity (Wildman–Crippen MR) is 103 cm³/mol. The molecule has 24 heavy (non-hydrogen) atoms. The number of nitrogens with zero attached hydrogens (tertiary/aromatic N) is 1. The second-order valence-electron chi connectivity index (χ2n) is 8.31. The first-order valence-electron chi connectivity index (χ1n) is 8.89. The zero-order chi connectivity index (χ0) is 17.4. The molecule has 3 rings (SSSR count). The van der Waals surface area contributed by atoms with E-state index in [0.29, 0.717) is 10.7 Å². The lowest BCUT2D eigenvalue weighted by molar-refractivity contribution is 0.206. The van der Waals surface area contributed by atoms with E-state index in [9.17, 15) is 4.39 Å². The molecule has 2 aromatic carbocycles. The molecule has 0 spiro atoms. The molecular weight excluding hydrogens is 296 g/mol. The Labute approximate surface area is 146 Å². The highest BCUT2D eigenvalue weighted by atomic mass is 19.1. The molecule has 0 radical (unpaired) electrons. The fourth-order valence-electron chi connectivity index (χ4n) is 3.67. The number of rotatable bonds is 3.